The van der Waals surface area contributed by atoms with Crippen LogP contribution in [0.2, 0.25) is 0 Å². The number of ether oxygens (including phenoxy) is 3. The second-order valence-electron chi connectivity index (χ2n) is 5.76. The summed E-state index contributed by atoms with van der Waals surface area (Å²) in [5.74, 6) is 1.65. The molecular formula is C17H27NO3. The van der Waals surface area contributed by atoms with Gasteiger partial charge in [0.1, 0.15) is 0 Å². The van der Waals surface area contributed by atoms with Crippen molar-refractivity contribution in [1.29, 1.82) is 0 Å². The van der Waals surface area contributed by atoms with Gasteiger partial charge in [-0.1, -0.05) is 26.0 Å². The molecule has 0 aromatic heterocycles. The number of hydrogen-bond acceptors (Lipinski definition) is 4. The van der Waals surface area contributed by atoms with Gasteiger partial charge >= 0.3 is 0 Å². The Hall–Kier alpha value is -1.26. The predicted molar refractivity (Wildman–Crippen MR) is 84.1 cm³/mol. The summed E-state index contributed by atoms with van der Waals surface area (Å²) in [6.45, 7) is 6.61. The molecule has 4 heteroatoms. The molecule has 0 radical (unpaired) electrons. The van der Waals surface area contributed by atoms with Crippen LogP contribution >= 0.6 is 0 Å². The molecule has 1 fully saturated rings. The van der Waals surface area contributed by atoms with Gasteiger partial charge in [0.25, 0.3) is 0 Å². The zero-order chi connectivity index (χ0) is 15.1. The summed E-state index contributed by atoms with van der Waals surface area (Å²) < 4.78 is 17.1. The van der Waals surface area contributed by atoms with Crippen LogP contribution in [0, 0.1) is 0 Å². The molecule has 1 aromatic rings. The fraction of sp³-hybridized carbons (Fsp3) is 0.647. The molecule has 4 nitrogen and oxygen atoms in total. The molecule has 1 N–H and O–H groups in total. The van der Waals surface area contributed by atoms with Crippen molar-refractivity contribution in [3.63, 3.8) is 0 Å². The number of rotatable bonds is 8. The third-order valence-corrected chi connectivity index (χ3v) is 3.69. The first-order valence-electron chi connectivity index (χ1n) is 7.84. The number of hydrogen-bond donors (Lipinski definition) is 1. The molecule has 21 heavy (non-hydrogen) atoms. The first-order valence-corrected chi connectivity index (χ1v) is 7.84. The van der Waals surface area contributed by atoms with E-state index in [0.717, 1.165) is 43.1 Å². The van der Waals surface area contributed by atoms with Crippen LogP contribution in [0.4, 0.5) is 0 Å². The molecule has 1 saturated heterocycles. The highest BCUT2D eigenvalue weighted by atomic mass is 16.5. The number of benzene rings is 1. The van der Waals surface area contributed by atoms with Gasteiger partial charge in [-0.25, -0.2) is 0 Å². The average Bonchev–Trinajstić information content (AvgIpc) is 2.99. The van der Waals surface area contributed by atoms with Crippen molar-refractivity contribution in [2.75, 3.05) is 20.3 Å². The zero-order valence-electron chi connectivity index (χ0n) is 13.4. The molecule has 1 aliphatic rings. The van der Waals surface area contributed by atoms with E-state index in [4.69, 9.17) is 14.2 Å². The molecule has 1 aliphatic heterocycles. The van der Waals surface area contributed by atoms with Crippen LogP contribution in [0.25, 0.3) is 0 Å². The number of nitrogens with one attached hydrogen (secondary N) is 1. The van der Waals surface area contributed by atoms with Crippen LogP contribution < -0.4 is 14.8 Å². The van der Waals surface area contributed by atoms with Gasteiger partial charge in [0.2, 0.25) is 0 Å². The van der Waals surface area contributed by atoms with Crippen LogP contribution in [0.1, 0.15) is 38.7 Å². The van der Waals surface area contributed by atoms with Gasteiger partial charge in [0, 0.05) is 31.2 Å². The molecule has 0 spiro atoms. The van der Waals surface area contributed by atoms with Crippen LogP contribution in [-0.4, -0.2) is 32.5 Å². The Balaban J connectivity index is 1.96. The largest absolute Gasteiger partial charge is 0.493 e. The molecular weight excluding hydrogens is 266 g/mol. The summed E-state index contributed by atoms with van der Waals surface area (Å²) in [6.07, 6.45) is 3.62. The fourth-order valence-electron chi connectivity index (χ4n) is 2.50. The Morgan fingerprint density at radius 2 is 2.24 bits per heavy atom. The second-order valence-corrected chi connectivity index (χ2v) is 5.76. The molecule has 0 aliphatic carbocycles. The van der Waals surface area contributed by atoms with E-state index in [0.29, 0.717) is 18.8 Å². The van der Waals surface area contributed by atoms with Crippen molar-refractivity contribution in [3.05, 3.63) is 23.8 Å². The normalized spacial score (nSPS) is 18.2. The Kier molecular flexibility index (Phi) is 6.33. The molecule has 1 unspecified atom stereocenters. The maximum absolute atomic E-state index is 6.01. The lowest BCUT2D eigenvalue weighted by molar-refractivity contribution is 0.0897. The third kappa shape index (κ3) is 4.90. The molecule has 0 bridgehead atoms. The lowest BCUT2D eigenvalue weighted by Gasteiger charge is -2.17. The zero-order valence-corrected chi connectivity index (χ0v) is 13.4. The average molecular weight is 293 g/mol. The predicted octanol–water partition coefficient (Wildman–Crippen LogP) is 3.14. The highest BCUT2D eigenvalue weighted by Crippen LogP contribution is 2.31. The fourth-order valence-corrected chi connectivity index (χ4v) is 2.50. The van der Waals surface area contributed by atoms with Gasteiger partial charge in [0.05, 0.1) is 19.8 Å². The van der Waals surface area contributed by atoms with E-state index in [1.165, 1.54) is 6.42 Å². The molecule has 1 aromatic carbocycles. The molecule has 0 amide bonds. The minimum Gasteiger partial charge on any atom is -0.493 e. The second kappa shape index (κ2) is 8.25. The van der Waals surface area contributed by atoms with Gasteiger partial charge in [0.15, 0.2) is 11.5 Å². The van der Waals surface area contributed by atoms with Crippen molar-refractivity contribution in [3.8, 4) is 11.5 Å². The molecule has 118 valence electrons. The quantitative estimate of drug-likeness (QED) is 0.799. The van der Waals surface area contributed by atoms with E-state index in [2.05, 4.69) is 25.2 Å². The van der Waals surface area contributed by atoms with Crippen LogP contribution in [-0.2, 0) is 11.3 Å². The van der Waals surface area contributed by atoms with Crippen LogP contribution in [0.5, 0.6) is 11.5 Å². The topological polar surface area (TPSA) is 39.7 Å². The molecule has 2 rings (SSSR count). The highest BCUT2D eigenvalue weighted by Gasteiger charge is 2.16. The lowest BCUT2D eigenvalue weighted by Crippen LogP contribution is -2.22. The Bertz CT molecular complexity index is 428. The molecule has 1 heterocycles. The Morgan fingerprint density at radius 3 is 2.90 bits per heavy atom. The van der Waals surface area contributed by atoms with Crippen molar-refractivity contribution in [2.24, 2.45) is 0 Å². The summed E-state index contributed by atoms with van der Waals surface area (Å²) in [5.41, 5.74) is 1.13. The molecule has 0 saturated carbocycles. The van der Waals surface area contributed by atoms with Gasteiger partial charge < -0.3 is 19.5 Å². The standard InChI is InChI=1S/C17H27NO3/c1-13(2)18-12-14-6-4-8-16(19-3)17(14)21-11-9-15-7-5-10-20-15/h4,6,8,13,15,18H,5,7,9-12H2,1-3H3. The van der Waals surface area contributed by atoms with E-state index in [-0.39, 0.29) is 0 Å². The summed E-state index contributed by atoms with van der Waals surface area (Å²) >= 11 is 0. The number of para-hydroxylation sites is 1. The van der Waals surface area contributed by atoms with E-state index in [1.807, 2.05) is 12.1 Å². The lowest BCUT2D eigenvalue weighted by atomic mass is 10.1. The Labute approximate surface area is 127 Å². The van der Waals surface area contributed by atoms with Crippen LogP contribution in [0.15, 0.2) is 18.2 Å². The maximum Gasteiger partial charge on any atom is 0.165 e. The van der Waals surface area contributed by atoms with Gasteiger partial charge in [-0.3, -0.25) is 0 Å². The summed E-state index contributed by atoms with van der Waals surface area (Å²) in [6, 6.07) is 6.47. The molecule has 1 atom stereocenters. The van der Waals surface area contributed by atoms with Crippen molar-refractivity contribution >= 4 is 0 Å². The van der Waals surface area contributed by atoms with E-state index in [9.17, 15) is 0 Å². The van der Waals surface area contributed by atoms with E-state index >= 15 is 0 Å². The number of methoxy groups -OCH3 is 1. The summed E-state index contributed by atoms with van der Waals surface area (Å²) in [7, 11) is 1.68. The van der Waals surface area contributed by atoms with E-state index < -0.39 is 0 Å². The minimum atomic E-state index is 0.358. The Morgan fingerprint density at radius 1 is 1.38 bits per heavy atom. The van der Waals surface area contributed by atoms with Gasteiger partial charge in [-0.05, 0) is 18.9 Å². The van der Waals surface area contributed by atoms with Crippen molar-refractivity contribution in [2.45, 2.75) is 51.8 Å². The highest BCUT2D eigenvalue weighted by molar-refractivity contribution is 5.46. The maximum atomic E-state index is 6.01. The first kappa shape index (κ1) is 16.1. The third-order valence-electron chi connectivity index (χ3n) is 3.69. The van der Waals surface area contributed by atoms with Gasteiger partial charge in [-0.15, -0.1) is 0 Å². The summed E-state index contributed by atoms with van der Waals surface area (Å²) in [4.78, 5) is 0. The van der Waals surface area contributed by atoms with E-state index in [1.54, 1.807) is 7.11 Å². The first-order chi connectivity index (χ1) is 10.2. The van der Waals surface area contributed by atoms with Gasteiger partial charge in [-0.2, -0.15) is 0 Å². The van der Waals surface area contributed by atoms with Crippen LogP contribution in [0.3, 0.4) is 0 Å². The van der Waals surface area contributed by atoms with Crippen molar-refractivity contribution < 1.29 is 14.2 Å². The monoisotopic (exact) mass is 293 g/mol. The SMILES string of the molecule is COc1cccc(CNC(C)C)c1OCCC1CCCO1. The minimum absolute atomic E-state index is 0.358. The summed E-state index contributed by atoms with van der Waals surface area (Å²) in [5, 5.41) is 3.42. The van der Waals surface area contributed by atoms with Crippen molar-refractivity contribution in [1.82, 2.24) is 5.32 Å². The smallest absolute Gasteiger partial charge is 0.165 e.